The molecular formula is C21H28FN3O3. The van der Waals surface area contributed by atoms with Crippen LogP contribution in [0.5, 0.6) is 5.75 Å². The van der Waals surface area contributed by atoms with Gasteiger partial charge in [0.1, 0.15) is 17.3 Å². The molecule has 28 heavy (non-hydrogen) atoms. The van der Waals surface area contributed by atoms with Crippen molar-refractivity contribution in [1.29, 1.82) is 0 Å². The molecule has 6 nitrogen and oxygen atoms in total. The molecule has 0 bridgehead atoms. The van der Waals surface area contributed by atoms with Crippen molar-refractivity contribution in [3.63, 3.8) is 0 Å². The minimum absolute atomic E-state index is 0.195. The number of benzene rings is 1. The number of rotatable bonds is 8. The first-order valence-corrected chi connectivity index (χ1v) is 9.72. The van der Waals surface area contributed by atoms with Crippen LogP contribution in [0.25, 0.3) is 0 Å². The first-order chi connectivity index (χ1) is 13.7. The molecule has 0 radical (unpaired) electrons. The highest BCUT2D eigenvalue weighted by Crippen LogP contribution is 2.16. The van der Waals surface area contributed by atoms with Gasteiger partial charge in [-0.25, -0.2) is 9.38 Å². The molecular weight excluding hydrogens is 361 g/mol. The summed E-state index contributed by atoms with van der Waals surface area (Å²) in [6, 6.07) is 8.43. The van der Waals surface area contributed by atoms with Crippen molar-refractivity contribution < 1.29 is 18.3 Å². The maximum Gasteiger partial charge on any atom is 0.191 e. The Bertz CT molecular complexity index is 743. The number of aliphatic imine (C=N–C) groups is 1. The third-order valence-corrected chi connectivity index (χ3v) is 4.60. The highest BCUT2D eigenvalue weighted by atomic mass is 19.1. The molecule has 152 valence electrons. The van der Waals surface area contributed by atoms with Gasteiger partial charge in [0, 0.05) is 32.2 Å². The average molecular weight is 389 g/mol. The monoisotopic (exact) mass is 389 g/mol. The summed E-state index contributed by atoms with van der Waals surface area (Å²) >= 11 is 0. The molecule has 1 aromatic carbocycles. The molecule has 0 spiro atoms. The molecule has 7 heteroatoms. The summed E-state index contributed by atoms with van der Waals surface area (Å²) in [4.78, 5) is 4.60. The van der Waals surface area contributed by atoms with E-state index in [0.29, 0.717) is 31.3 Å². The number of guanidine groups is 1. The number of furan rings is 1. The Morgan fingerprint density at radius 2 is 2.21 bits per heavy atom. The van der Waals surface area contributed by atoms with Crippen LogP contribution in [0.3, 0.4) is 0 Å². The van der Waals surface area contributed by atoms with E-state index in [1.54, 1.807) is 12.3 Å². The summed E-state index contributed by atoms with van der Waals surface area (Å²) in [5.74, 6) is 1.74. The summed E-state index contributed by atoms with van der Waals surface area (Å²) in [5.41, 5.74) is 0.748. The maximum absolute atomic E-state index is 13.7. The number of hydrogen-bond acceptors (Lipinski definition) is 4. The molecule has 3 rings (SSSR count). The number of nitrogens with zero attached hydrogens (tertiary/aromatic N) is 1. The van der Waals surface area contributed by atoms with Crippen molar-refractivity contribution in [2.45, 2.75) is 38.3 Å². The molecule has 2 heterocycles. The normalized spacial score (nSPS) is 17.4. The molecule has 0 saturated carbocycles. The fourth-order valence-corrected chi connectivity index (χ4v) is 3.11. The SMILES string of the molecule is COc1cc(F)cc(CN=C(NCCc2ccco2)NCC2CCCCO2)c1. The van der Waals surface area contributed by atoms with Crippen molar-refractivity contribution in [3.8, 4) is 5.75 Å². The van der Waals surface area contributed by atoms with E-state index in [4.69, 9.17) is 13.9 Å². The molecule has 1 aromatic heterocycles. The lowest BCUT2D eigenvalue weighted by atomic mass is 10.1. The van der Waals surface area contributed by atoms with Gasteiger partial charge in [-0.3, -0.25) is 0 Å². The second kappa shape index (κ2) is 10.7. The van der Waals surface area contributed by atoms with E-state index in [-0.39, 0.29) is 11.9 Å². The minimum atomic E-state index is -0.333. The lowest BCUT2D eigenvalue weighted by molar-refractivity contribution is 0.0194. The summed E-state index contributed by atoms with van der Waals surface area (Å²) in [6.45, 7) is 2.53. The number of ether oxygens (including phenoxy) is 2. The van der Waals surface area contributed by atoms with Gasteiger partial charge in [0.15, 0.2) is 5.96 Å². The Morgan fingerprint density at radius 3 is 2.96 bits per heavy atom. The van der Waals surface area contributed by atoms with E-state index < -0.39 is 0 Å². The second-order valence-electron chi connectivity index (χ2n) is 6.79. The Morgan fingerprint density at radius 1 is 1.29 bits per heavy atom. The lowest BCUT2D eigenvalue weighted by Gasteiger charge is -2.23. The van der Waals surface area contributed by atoms with Crippen molar-refractivity contribution in [3.05, 3.63) is 53.7 Å². The molecule has 1 unspecified atom stereocenters. The van der Waals surface area contributed by atoms with Crippen molar-refractivity contribution in [2.75, 3.05) is 26.8 Å². The van der Waals surface area contributed by atoms with E-state index in [1.165, 1.54) is 25.7 Å². The van der Waals surface area contributed by atoms with Gasteiger partial charge < -0.3 is 24.5 Å². The van der Waals surface area contributed by atoms with Crippen molar-refractivity contribution in [2.24, 2.45) is 4.99 Å². The minimum Gasteiger partial charge on any atom is -0.497 e. The Balaban J connectivity index is 1.59. The fourth-order valence-electron chi connectivity index (χ4n) is 3.11. The molecule has 0 aliphatic carbocycles. The molecule has 2 aromatic rings. The lowest BCUT2D eigenvalue weighted by Crippen LogP contribution is -2.43. The van der Waals surface area contributed by atoms with Crippen LogP contribution < -0.4 is 15.4 Å². The third-order valence-electron chi connectivity index (χ3n) is 4.60. The van der Waals surface area contributed by atoms with Gasteiger partial charge in [0.05, 0.1) is 26.0 Å². The number of halogens is 1. The predicted molar refractivity (Wildman–Crippen MR) is 106 cm³/mol. The van der Waals surface area contributed by atoms with Gasteiger partial charge in [-0.2, -0.15) is 0 Å². The zero-order valence-corrected chi connectivity index (χ0v) is 16.2. The summed E-state index contributed by atoms with van der Waals surface area (Å²) < 4.78 is 30.0. The average Bonchev–Trinajstić information content (AvgIpc) is 3.23. The number of hydrogen-bond donors (Lipinski definition) is 2. The fraction of sp³-hybridized carbons (Fsp3) is 0.476. The quantitative estimate of drug-likeness (QED) is 0.536. The van der Waals surface area contributed by atoms with Crippen LogP contribution in [0.4, 0.5) is 4.39 Å². The van der Waals surface area contributed by atoms with Gasteiger partial charge in [0.2, 0.25) is 0 Å². The topological polar surface area (TPSA) is 68.0 Å². The Labute approximate surface area is 165 Å². The van der Waals surface area contributed by atoms with Crippen LogP contribution in [-0.4, -0.2) is 38.9 Å². The summed E-state index contributed by atoms with van der Waals surface area (Å²) in [5, 5.41) is 6.65. The maximum atomic E-state index is 13.7. The van der Waals surface area contributed by atoms with E-state index >= 15 is 0 Å². The molecule has 1 atom stereocenters. The van der Waals surface area contributed by atoms with Crippen molar-refractivity contribution in [1.82, 2.24) is 10.6 Å². The Kier molecular flexibility index (Phi) is 7.72. The molecule has 1 saturated heterocycles. The van der Waals surface area contributed by atoms with E-state index in [2.05, 4.69) is 15.6 Å². The van der Waals surface area contributed by atoms with Crippen LogP contribution >= 0.6 is 0 Å². The first-order valence-electron chi connectivity index (χ1n) is 9.72. The number of nitrogens with one attached hydrogen (secondary N) is 2. The standard InChI is InChI=1S/C21H28FN3O3/c1-26-20-12-16(11-17(22)13-20)14-24-21(23-8-7-18-6-4-10-27-18)25-15-19-5-2-3-9-28-19/h4,6,10-13,19H,2-3,5,7-9,14-15H2,1H3,(H2,23,24,25). The van der Waals surface area contributed by atoms with Crippen LogP contribution in [0.2, 0.25) is 0 Å². The smallest absolute Gasteiger partial charge is 0.191 e. The second-order valence-corrected chi connectivity index (χ2v) is 6.79. The first kappa shape index (κ1) is 20.2. The summed E-state index contributed by atoms with van der Waals surface area (Å²) in [6.07, 6.45) is 5.98. The van der Waals surface area contributed by atoms with E-state index in [0.717, 1.165) is 37.2 Å². The zero-order chi connectivity index (χ0) is 19.6. The molecule has 1 aliphatic heterocycles. The van der Waals surface area contributed by atoms with Gasteiger partial charge >= 0.3 is 0 Å². The predicted octanol–water partition coefficient (Wildman–Crippen LogP) is 3.27. The highest BCUT2D eigenvalue weighted by Gasteiger charge is 2.14. The zero-order valence-electron chi connectivity index (χ0n) is 16.2. The molecule has 1 fully saturated rings. The van der Waals surface area contributed by atoms with Crippen LogP contribution in [0.15, 0.2) is 46.0 Å². The largest absolute Gasteiger partial charge is 0.497 e. The molecule has 1 aliphatic rings. The highest BCUT2D eigenvalue weighted by molar-refractivity contribution is 5.79. The van der Waals surface area contributed by atoms with E-state index in [1.807, 2.05) is 12.1 Å². The van der Waals surface area contributed by atoms with Gasteiger partial charge in [-0.15, -0.1) is 0 Å². The van der Waals surface area contributed by atoms with Crippen molar-refractivity contribution >= 4 is 5.96 Å². The number of methoxy groups -OCH3 is 1. The molecule has 0 amide bonds. The third kappa shape index (κ3) is 6.56. The van der Waals surface area contributed by atoms with E-state index in [9.17, 15) is 4.39 Å². The van der Waals surface area contributed by atoms with Crippen LogP contribution in [0.1, 0.15) is 30.6 Å². The van der Waals surface area contributed by atoms with Gasteiger partial charge in [-0.05, 0) is 49.1 Å². The van der Waals surface area contributed by atoms with Gasteiger partial charge in [0.25, 0.3) is 0 Å². The van der Waals surface area contributed by atoms with Crippen LogP contribution in [0, 0.1) is 5.82 Å². The van der Waals surface area contributed by atoms with Crippen LogP contribution in [-0.2, 0) is 17.7 Å². The summed E-state index contributed by atoms with van der Waals surface area (Å²) in [7, 11) is 1.52. The molecule has 2 N–H and O–H groups in total. The van der Waals surface area contributed by atoms with Gasteiger partial charge in [-0.1, -0.05) is 0 Å². The Hall–Kier alpha value is -2.54.